The standard InChI is InChI=1S/C13H16N2O3S.ClH/c16-13(6-5-12-9-14-7-8-19-12)10-1-3-11(4-2-10)15(17)18;/h1-4,12,14H,5-9H2;1H. The second-order valence-electron chi connectivity index (χ2n) is 4.46. The van der Waals surface area contributed by atoms with Crippen LogP contribution in [0.3, 0.4) is 0 Å². The molecule has 0 spiro atoms. The molecule has 2 rings (SSSR count). The lowest BCUT2D eigenvalue weighted by Gasteiger charge is -2.21. The van der Waals surface area contributed by atoms with Gasteiger partial charge in [-0.15, -0.1) is 12.4 Å². The minimum Gasteiger partial charge on any atom is -0.315 e. The van der Waals surface area contributed by atoms with Crippen LogP contribution in [-0.2, 0) is 0 Å². The maximum atomic E-state index is 12.0. The van der Waals surface area contributed by atoms with Crippen LogP contribution in [0.2, 0.25) is 0 Å². The van der Waals surface area contributed by atoms with E-state index in [9.17, 15) is 14.9 Å². The molecule has 0 aliphatic carbocycles. The molecule has 1 saturated heterocycles. The highest BCUT2D eigenvalue weighted by molar-refractivity contribution is 8.00. The predicted molar refractivity (Wildman–Crippen MR) is 83.0 cm³/mol. The average Bonchev–Trinajstić information content (AvgIpc) is 2.46. The lowest BCUT2D eigenvalue weighted by molar-refractivity contribution is -0.384. The lowest BCUT2D eigenvalue weighted by atomic mass is 10.0. The van der Waals surface area contributed by atoms with Crippen LogP contribution >= 0.6 is 24.2 Å². The average molecular weight is 317 g/mol. The molecule has 110 valence electrons. The fourth-order valence-electron chi connectivity index (χ4n) is 2.01. The molecule has 0 radical (unpaired) electrons. The van der Waals surface area contributed by atoms with Crippen LogP contribution in [-0.4, -0.2) is 34.8 Å². The van der Waals surface area contributed by atoms with Gasteiger partial charge in [-0.3, -0.25) is 14.9 Å². The zero-order chi connectivity index (χ0) is 13.7. The molecule has 1 N–H and O–H groups in total. The number of hydrogen-bond donors (Lipinski definition) is 1. The summed E-state index contributed by atoms with van der Waals surface area (Å²) in [5.41, 5.74) is 0.572. The Labute approximate surface area is 128 Å². The highest BCUT2D eigenvalue weighted by Gasteiger charge is 2.16. The third-order valence-corrected chi connectivity index (χ3v) is 4.41. The monoisotopic (exact) mass is 316 g/mol. The number of nitrogens with zero attached hydrogens (tertiary/aromatic N) is 1. The molecule has 0 amide bonds. The van der Waals surface area contributed by atoms with E-state index in [0.717, 1.165) is 25.3 Å². The SMILES string of the molecule is Cl.O=C(CCC1CNCCS1)c1ccc([N+](=O)[O-])cc1. The molecule has 1 atom stereocenters. The Hall–Kier alpha value is -1.11. The largest absolute Gasteiger partial charge is 0.315 e. The number of non-ortho nitro benzene ring substituents is 1. The van der Waals surface area contributed by atoms with Crippen molar-refractivity contribution in [3.8, 4) is 0 Å². The van der Waals surface area contributed by atoms with E-state index in [4.69, 9.17) is 0 Å². The smallest absolute Gasteiger partial charge is 0.269 e. The van der Waals surface area contributed by atoms with Crippen molar-refractivity contribution in [2.24, 2.45) is 0 Å². The van der Waals surface area contributed by atoms with Crippen molar-refractivity contribution in [2.75, 3.05) is 18.8 Å². The minimum absolute atomic E-state index is 0. The van der Waals surface area contributed by atoms with Crippen LogP contribution < -0.4 is 5.32 Å². The van der Waals surface area contributed by atoms with Gasteiger partial charge in [-0.05, 0) is 18.6 Å². The summed E-state index contributed by atoms with van der Waals surface area (Å²) in [6.07, 6.45) is 1.35. The summed E-state index contributed by atoms with van der Waals surface area (Å²) in [6.45, 7) is 2.00. The molecule has 0 bridgehead atoms. The molecular formula is C13H17ClN2O3S. The molecule has 20 heavy (non-hydrogen) atoms. The van der Waals surface area contributed by atoms with Gasteiger partial charge in [0.2, 0.25) is 0 Å². The van der Waals surface area contributed by atoms with Crippen molar-refractivity contribution in [3.05, 3.63) is 39.9 Å². The number of ketones is 1. The van der Waals surface area contributed by atoms with Gasteiger partial charge in [0.15, 0.2) is 5.78 Å². The first kappa shape index (κ1) is 16.9. The first-order chi connectivity index (χ1) is 9.16. The number of benzene rings is 1. The molecule has 7 heteroatoms. The van der Waals surface area contributed by atoms with Crippen LogP contribution in [0, 0.1) is 10.1 Å². The number of Topliss-reactive ketones (excluding diaryl/α,β-unsaturated/α-hetero) is 1. The number of carbonyl (C=O) groups excluding carboxylic acids is 1. The summed E-state index contributed by atoms with van der Waals surface area (Å²) in [5, 5.41) is 14.3. The number of nitro groups is 1. The van der Waals surface area contributed by atoms with Crippen molar-refractivity contribution in [1.82, 2.24) is 5.32 Å². The molecule has 1 aliphatic rings. The number of nitro benzene ring substituents is 1. The third kappa shape index (κ3) is 4.77. The second kappa shape index (κ2) is 8.24. The van der Waals surface area contributed by atoms with E-state index in [0.29, 0.717) is 17.2 Å². The molecular weight excluding hydrogens is 300 g/mol. The van der Waals surface area contributed by atoms with Crippen molar-refractivity contribution in [1.29, 1.82) is 0 Å². The van der Waals surface area contributed by atoms with Crippen LogP contribution in [0.1, 0.15) is 23.2 Å². The zero-order valence-electron chi connectivity index (χ0n) is 10.9. The van der Waals surface area contributed by atoms with Crippen LogP contribution in [0.15, 0.2) is 24.3 Å². The number of halogens is 1. The topological polar surface area (TPSA) is 72.2 Å². The number of nitrogens with one attached hydrogen (secondary N) is 1. The van der Waals surface area contributed by atoms with Gasteiger partial charge in [0.1, 0.15) is 0 Å². The van der Waals surface area contributed by atoms with E-state index < -0.39 is 4.92 Å². The molecule has 0 aromatic heterocycles. The number of rotatable bonds is 5. The maximum Gasteiger partial charge on any atom is 0.269 e. The Morgan fingerprint density at radius 1 is 1.40 bits per heavy atom. The Kier molecular flexibility index (Phi) is 6.98. The molecule has 0 saturated carbocycles. The summed E-state index contributed by atoms with van der Waals surface area (Å²) in [6, 6.07) is 5.83. The summed E-state index contributed by atoms with van der Waals surface area (Å²) in [7, 11) is 0. The summed E-state index contributed by atoms with van der Waals surface area (Å²) < 4.78 is 0. The number of hydrogen-bond acceptors (Lipinski definition) is 5. The van der Waals surface area contributed by atoms with Crippen molar-refractivity contribution >= 4 is 35.6 Å². The Balaban J connectivity index is 0.00000200. The van der Waals surface area contributed by atoms with Crippen LogP contribution in [0.5, 0.6) is 0 Å². The quantitative estimate of drug-likeness (QED) is 0.513. The summed E-state index contributed by atoms with van der Waals surface area (Å²) >= 11 is 1.90. The first-order valence-electron chi connectivity index (χ1n) is 6.27. The first-order valence-corrected chi connectivity index (χ1v) is 7.31. The van der Waals surface area contributed by atoms with Gasteiger partial charge in [0.25, 0.3) is 5.69 Å². The third-order valence-electron chi connectivity index (χ3n) is 3.10. The summed E-state index contributed by atoms with van der Waals surface area (Å²) in [4.78, 5) is 22.0. The normalized spacial score (nSPS) is 18.1. The number of carbonyl (C=O) groups is 1. The minimum atomic E-state index is -0.460. The van der Waals surface area contributed by atoms with Crippen molar-refractivity contribution in [3.63, 3.8) is 0 Å². The Morgan fingerprint density at radius 3 is 2.65 bits per heavy atom. The van der Waals surface area contributed by atoms with E-state index >= 15 is 0 Å². The fraction of sp³-hybridized carbons (Fsp3) is 0.462. The fourth-order valence-corrected chi connectivity index (χ4v) is 3.13. The van der Waals surface area contributed by atoms with Gasteiger partial charge in [0, 0.05) is 48.2 Å². The van der Waals surface area contributed by atoms with E-state index in [1.165, 1.54) is 24.3 Å². The van der Waals surface area contributed by atoms with Gasteiger partial charge >= 0.3 is 0 Å². The van der Waals surface area contributed by atoms with Crippen molar-refractivity contribution in [2.45, 2.75) is 18.1 Å². The van der Waals surface area contributed by atoms with E-state index in [1.54, 1.807) is 0 Å². The Bertz CT molecular complexity index is 461. The van der Waals surface area contributed by atoms with Crippen LogP contribution in [0.25, 0.3) is 0 Å². The van der Waals surface area contributed by atoms with E-state index in [2.05, 4.69) is 5.32 Å². The highest BCUT2D eigenvalue weighted by atomic mass is 35.5. The lowest BCUT2D eigenvalue weighted by Crippen LogP contribution is -2.32. The molecule has 1 heterocycles. The van der Waals surface area contributed by atoms with Gasteiger partial charge in [0.05, 0.1) is 4.92 Å². The molecule has 5 nitrogen and oxygen atoms in total. The van der Waals surface area contributed by atoms with Gasteiger partial charge in [-0.1, -0.05) is 0 Å². The van der Waals surface area contributed by atoms with Crippen LogP contribution in [0.4, 0.5) is 5.69 Å². The van der Waals surface area contributed by atoms with Crippen molar-refractivity contribution < 1.29 is 9.72 Å². The zero-order valence-corrected chi connectivity index (χ0v) is 12.5. The highest BCUT2D eigenvalue weighted by Crippen LogP contribution is 2.20. The Morgan fingerprint density at radius 2 is 2.10 bits per heavy atom. The summed E-state index contributed by atoms with van der Waals surface area (Å²) in [5.74, 6) is 1.15. The van der Waals surface area contributed by atoms with Gasteiger partial charge in [-0.2, -0.15) is 11.8 Å². The van der Waals surface area contributed by atoms with Gasteiger partial charge in [-0.25, -0.2) is 0 Å². The maximum absolute atomic E-state index is 12.0. The number of thioether (sulfide) groups is 1. The molecule has 1 aliphatic heterocycles. The van der Waals surface area contributed by atoms with E-state index in [1.807, 2.05) is 11.8 Å². The molecule has 1 unspecified atom stereocenters. The molecule has 1 fully saturated rings. The van der Waals surface area contributed by atoms with Gasteiger partial charge < -0.3 is 5.32 Å². The molecule has 1 aromatic carbocycles. The van der Waals surface area contributed by atoms with E-state index in [-0.39, 0.29) is 23.9 Å². The molecule has 1 aromatic rings. The second-order valence-corrected chi connectivity index (χ2v) is 5.87. The predicted octanol–water partition coefficient (Wildman–Crippen LogP) is 2.68.